The molecule has 5 heteroatoms. The zero-order valence-electron chi connectivity index (χ0n) is 11.4. The molecule has 0 radical (unpaired) electrons. The molecule has 2 rings (SSSR count). The summed E-state index contributed by atoms with van der Waals surface area (Å²) in [6.45, 7) is 6.43. The molecule has 2 aromatic rings. The molecule has 0 unspecified atom stereocenters. The van der Waals surface area contributed by atoms with Crippen molar-refractivity contribution < 1.29 is 9.53 Å². The Labute approximate surface area is 116 Å². The molecule has 19 heavy (non-hydrogen) atoms. The molecule has 0 atom stereocenters. The lowest BCUT2D eigenvalue weighted by molar-refractivity contribution is 0.0533. The van der Waals surface area contributed by atoms with Gasteiger partial charge in [0.15, 0.2) is 0 Å². The van der Waals surface area contributed by atoms with Crippen molar-refractivity contribution in [3.05, 3.63) is 22.7 Å². The first-order chi connectivity index (χ1) is 9.02. The summed E-state index contributed by atoms with van der Waals surface area (Å²) in [5, 5.41) is 0.834. The summed E-state index contributed by atoms with van der Waals surface area (Å²) in [6.07, 6.45) is 0.919. The second-order valence-electron chi connectivity index (χ2n) is 4.82. The van der Waals surface area contributed by atoms with Crippen molar-refractivity contribution in [3.63, 3.8) is 0 Å². The van der Waals surface area contributed by atoms with Crippen LogP contribution in [0.1, 0.15) is 36.1 Å². The van der Waals surface area contributed by atoms with E-state index in [1.54, 1.807) is 6.92 Å². The molecule has 0 aliphatic carbocycles. The molecule has 0 bridgehead atoms. The molecule has 0 spiro atoms. The van der Waals surface area contributed by atoms with Gasteiger partial charge in [-0.1, -0.05) is 13.8 Å². The number of ether oxygens (including phenoxy) is 1. The first-order valence-corrected chi connectivity index (χ1v) is 7.19. The zero-order valence-corrected chi connectivity index (χ0v) is 12.2. The number of thiophene rings is 1. The van der Waals surface area contributed by atoms with Crippen LogP contribution >= 0.6 is 11.3 Å². The van der Waals surface area contributed by atoms with Crippen LogP contribution in [0, 0.1) is 5.92 Å². The lowest BCUT2D eigenvalue weighted by atomic mass is 10.1. The number of nitrogens with zero attached hydrogens (tertiary/aromatic N) is 1. The fourth-order valence-corrected chi connectivity index (χ4v) is 2.92. The summed E-state index contributed by atoms with van der Waals surface area (Å²) in [5.74, 6) is 0.181. The van der Waals surface area contributed by atoms with E-state index < -0.39 is 0 Å². The number of fused-ring (bicyclic) bond motifs is 1. The highest BCUT2D eigenvalue weighted by molar-refractivity contribution is 7.21. The third-order valence-electron chi connectivity index (χ3n) is 2.73. The Bertz CT molecular complexity index is 605. The van der Waals surface area contributed by atoms with Gasteiger partial charge in [0, 0.05) is 11.1 Å². The Balaban J connectivity index is 2.42. The number of carbonyl (C=O) groups excluding carboxylic acids is 1. The number of carbonyl (C=O) groups is 1. The van der Waals surface area contributed by atoms with E-state index in [9.17, 15) is 4.79 Å². The van der Waals surface area contributed by atoms with E-state index in [4.69, 9.17) is 10.5 Å². The maximum atomic E-state index is 11.8. The van der Waals surface area contributed by atoms with Gasteiger partial charge in [-0.2, -0.15) is 0 Å². The fourth-order valence-electron chi connectivity index (χ4n) is 1.92. The average Bonchev–Trinajstić information content (AvgIpc) is 2.66. The predicted molar refractivity (Wildman–Crippen MR) is 78.5 cm³/mol. The number of nitrogens with two attached hydrogens (primary N) is 1. The molecule has 0 fully saturated rings. The molecular weight excluding hydrogens is 260 g/mol. The van der Waals surface area contributed by atoms with Gasteiger partial charge in [-0.25, -0.2) is 9.78 Å². The molecule has 2 aromatic heterocycles. The molecule has 0 aliphatic heterocycles. The van der Waals surface area contributed by atoms with Crippen LogP contribution in [0.3, 0.4) is 0 Å². The molecule has 0 saturated heterocycles. The topological polar surface area (TPSA) is 65.2 Å². The minimum atomic E-state index is -0.367. The standard InChI is InChI=1S/C14H18N2O2S/c1-4-18-14(17)12-11(15)10-6-5-9(7-8(2)3)16-13(10)19-12/h5-6,8H,4,7,15H2,1-3H3. The van der Waals surface area contributed by atoms with Crippen molar-refractivity contribution in [1.82, 2.24) is 4.98 Å². The van der Waals surface area contributed by atoms with Crippen LogP contribution in [0.2, 0.25) is 0 Å². The number of esters is 1. The number of aromatic nitrogens is 1. The Morgan fingerprint density at radius 3 is 2.84 bits per heavy atom. The second-order valence-corrected chi connectivity index (χ2v) is 5.82. The highest BCUT2D eigenvalue weighted by Gasteiger charge is 2.18. The molecular formula is C14H18N2O2S. The fraction of sp³-hybridized carbons (Fsp3) is 0.429. The molecule has 0 amide bonds. The van der Waals surface area contributed by atoms with Gasteiger partial charge in [-0.15, -0.1) is 11.3 Å². The van der Waals surface area contributed by atoms with Crippen molar-refractivity contribution in [2.45, 2.75) is 27.2 Å². The predicted octanol–water partition coefficient (Wildman–Crippen LogP) is 3.25. The Kier molecular flexibility index (Phi) is 4.04. The number of nitrogen functional groups attached to an aromatic ring is 1. The lowest BCUT2D eigenvalue weighted by Gasteiger charge is -2.03. The highest BCUT2D eigenvalue weighted by Crippen LogP contribution is 2.33. The van der Waals surface area contributed by atoms with Gasteiger partial charge in [0.25, 0.3) is 0 Å². The Hall–Kier alpha value is -1.62. The third kappa shape index (κ3) is 2.87. The van der Waals surface area contributed by atoms with Crippen LogP contribution in [0.4, 0.5) is 5.69 Å². The van der Waals surface area contributed by atoms with E-state index in [-0.39, 0.29) is 5.97 Å². The van der Waals surface area contributed by atoms with Crippen molar-refractivity contribution in [1.29, 1.82) is 0 Å². The molecule has 2 N–H and O–H groups in total. The largest absolute Gasteiger partial charge is 0.462 e. The molecule has 102 valence electrons. The molecule has 0 saturated carbocycles. The molecule has 2 heterocycles. The maximum Gasteiger partial charge on any atom is 0.350 e. The molecule has 0 aliphatic rings. The van der Waals surface area contributed by atoms with Crippen LogP contribution in [-0.4, -0.2) is 17.6 Å². The van der Waals surface area contributed by atoms with E-state index in [2.05, 4.69) is 18.8 Å². The van der Waals surface area contributed by atoms with Crippen LogP contribution in [-0.2, 0) is 11.2 Å². The third-order valence-corrected chi connectivity index (χ3v) is 3.82. The summed E-state index contributed by atoms with van der Waals surface area (Å²) in [5.41, 5.74) is 7.49. The Morgan fingerprint density at radius 1 is 1.47 bits per heavy atom. The second kappa shape index (κ2) is 5.57. The van der Waals surface area contributed by atoms with Gasteiger partial charge >= 0.3 is 5.97 Å². The quantitative estimate of drug-likeness (QED) is 0.872. The van der Waals surface area contributed by atoms with Gasteiger partial charge in [-0.05, 0) is 31.4 Å². The van der Waals surface area contributed by atoms with Crippen LogP contribution in [0.25, 0.3) is 10.2 Å². The molecule has 0 aromatic carbocycles. The number of hydrogen-bond acceptors (Lipinski definition) is 5. The lowest BCUT2D eigenvalue weighted by Crippen LogP contribution is -2.04. The van der Waals surface area contributed by atoms with Gasteiger partial charge in [0.1, 0.15) is 9.71 Å². The van der Waals surface area contributed by atoms with E-state index in [0.29, 0.717) is 23.1 Å². The van der Waals surface area contributed by atoms with Crippen molar-refractivity contribution in [3.8, 4) is 0 Å². The van der Waals surface area contributed by atoms with E-state index in [1.807, 2.05) is 12.1 Å². The number of anilines is 1. The van der Waals surface area contributed by atoms with Crippen LogP contribution in [0.5, 0.6) is 0 Å². The highest BCUT2D eigenvalue weighted by atomic mass is 32.1. The number of hydrogen-bond donors (Lipinski definition) is 1. The van der Waals surface area contributed by atoms with Gasteiger partial charge in [-0.3, -0.25) is 0 Å². The summed E-state index contributed by atoms with van der Waals surface area (Å²) < 4.78 is 5.00. The van der Waals surface area contributed by atoms with Gasteiger partial charge in [0.05, 0.1) is 12.3 Å². The zero-order chi connectivity index (χ0) is 14.0. The first-order valence-electron chi connectivity index (χ1n) is 6.38. The minimum Gasteiger partial charge on any atom is -0.462 e. The normalized spacial score (nSPS) is 11.2. The summed E-state index contributed by atoms with van der Waals surface area (Å²) in [6, 6.07) is 3.91. The van der Waals surface area contributed by atoms with Crippen LogP contribution in [0.15, 0.2) is 12.1 Å². The summed E-state index contributed by atoms with van der Waals surface area (Å²) in [7, 11) is 0. The SMILES string of the molecule is CCOC(=O)c1sc2nc(CC(C)C)ccc2c1N. The van der Waals surface area contributed by atoms with Gasteiger partial charge in [0.2, 0.25) is 0 Å². The number of pyridine rings is 1. The summed E-state index contributed by atoms with van der Waals surface area (Å²) >= 11 is 1.30. The van der Waals surface area contributed by atoms with Crippen LogP contribution < -0.4 is 5.73 Å². The monoisotopic (exact) mass is 278 g/mol. The van der Waals surface area contributed by atoms with Crippen molar-refractivity contribution in [2.75, 3.05) is 12.3 Å². The minimum absolute atomic E-state index is 0.346. The van der Waals surface area contributed by atoms with E-state index >= 15 is 0 Å². The van der Waals surface area contributed by atoms with Crippen molar-refractivity contribution in [2.24, 2.45) is 5.92 Å². The average molecular weight is 278 g/mol. The summed E-state index contributed by atoms with van der Waals surface area (Å²) in [4.78, 5) is 17.6. The molecule has 4 nitrogen and oxygen atoms in total. The maximum absolute atomic E-state index is 11.8. The van der Waals surface area contributed by atoms with Gasteiger partial charge < -0.3 is 10.5 Å². The Morgan fingerprint density at radius 2 is 2.21 bits per heavy atom. The number of rotatable bonds is 4. The van der Waals surface area contributed by atoms with Crippen molar-refractivity contribution >= 4 is 33.2 Å². The van der Waals surface area contributed by atoms with E-state index in [0.717, 1.165) is 22.3 Å². The first kappa shape index (κ1) is 13.8. The van der Waals surface area contributed by atoms with E-state index in [1.165, 1.54) is 11.3 Å². The smallest absolute Gasteiger partial charge is 0.350 e.